The molecule has 0 aliphatic heterocycles. The first-order valence-electron chi connectivity index (χ1n) is 5.17. The number of rotatable bonds is 3. The van der Waals surface area contributed by atoms with E-state index < -0.39 is 0 Å². The average molecular weight is 225 g/mol. The first-order valence-corrected chi connectivity index (χ1v) is 5.17. The third-order valence-electron chi connectivity index (χ3n) is 2.15. The maximum absolute atomic E-state index is 8.72. The zero-order chi connectivity index (χ0) is 12.1. The van der Waals surface area contributed by atoms with Crippen LogP contribution in [-0.2, 0) is 6.54 Å². The third kappa shape index (κ3) is 2.98. The topological polar surface area (TPSA) is 74.5 Å². The van der Waals surface area contributed by atoms with E-state index in [1.807, 2.05) is 25.1 Å². The number of anilines is 1. The van der Waals surface area contributed by atoms with Gasteiger partial charge in [-0.3, -0.25) is 0 Å². The van der Waals surface area contributed by atoms with Gasteiger partial charge in [-0.1, -0.05) is 6.07 Å². The Kier molecular flexibility index (Phi) is 3.26. The summed E-state index contributed by atoms with van der Waals surface area (Å²) in [5.74, 6) is 1.41. The number of aryl methyl sites for hydroxylation is 1. The molecule has 0 aliphatic rings. The van der Waals surface area contributed by atoms with E-state index in [-0.39, 0.29) is 0 Å². The summed E-state index contributed by atoms with van der Waals surface area (Å²) < 4.78 is 0. The van der Waals surface area contributed by atoms with Crippen LogP contribution >= 0.6 is 0 Å². The van der Waals surface area contributed by atoms with E-state index in [2.05, 4.69) is 20.3 Å². The van der Waals surface area contributed by atoms with Gasteiger partial charge in [0.1, 0.15) is 23.4 Å². The number of pyridine rings is 1. The molecule has 0 atom stereocenters. The van der Waals surface area contributed by atoms with Crippen molar-refractivity contribution in [3.63, 3.8) is 0 Å². The van der Waals surface area contributed by atoms with Gasteiger partial charge in [0, 0.05) is 6.20 Å². The molecule has 0 amide bonds. The van der Waals surface area contributed by atoms with Gasteiger partial charge < -0.3 is 5.32 Å². The van der Waals surface area contributed by atoms with E-state index in [4.69, 9.17) is 5.26 Å². The number of nitrogens with zero attached hydrogens (tertiary/aromatic N) is 4. The first-order chi connectivity index (χ1) is 8.28. The number of nitriles is 1. The van der Waals surface area contributed by atoms with Gasteiger partial charge in [-0.05, 0) is 25.1 Å². The summed E-state index contributed by atoms with van der Waals surface area (Å²) in [6, 6.07) is 9.11. The zero-order valence-electron chi connectivity index (χ0n) is 9.38. The Labute approximate surface area is 99.2 Å². The van der Waals surface area contributed by atoms with Gasteiger partial charge >= 0.3 is 0 Å². The van der Waals surface area contributed by atoms with Gasteiger partial charge in [0.25, 0.3) is 0 Å². The fourth-order valence-corrected chi connectivity index (χ4v) is 1.38. The molecule has 0 aliphatic carbocycles. The van der Waals surface area contributed by atoms with E-state index in [0.717, 1.165) is 11.5 Å². The van der Waals surface area contributed by atoms with Crippen LogP contribution in [0, 0.1) is 18.3 Å². The highest BCUT2D eigenvalue weighted by Gasteiger charge is 1.98. The first kappa shape index (κ1) is 11.0. The number of hydrogen-bond acceptors (Lipinski definition) is 5. The van der Waals surface area contributed by atoms with E-state index in [0.29, 0.717) is 18.1 Å². The van der Waals surface area contributed by atoms with Gasteiger partial charge in [0.2, 0.25) is 0 Å². The van der Waals surface area contributed by atoms with Gasteiger partial charge in [-0.15, -0.1) is 0 Å². The summed E-state index contributed by atoms with van der Waals surface area (Å²) in [4.78, 5) is 12.4. The normalized spacial score (nSPS) is 9.65. The predicted octanol–water partition coefficient (Wildman–Crippen LogP) is 1.66. The molecule has 1 N–H and O–H groups in total. The summed E-state index contributed by atoms with van der Waals surface area (Å²) in [5, 5.41) is 11.8. The second-order valence-corrected chi connectivity index (χ2v) is 3.47. The van der Waals surface area contributed by atoms with Gasteiger partial charge in [-0.2, -0.15) is 5.26 Å². The van der Waals surface area contributed by atoms with Crippen LogP contribution in [0.15, 0.2) is 30.5 Å². The zero-order valence-corrected chi connectivity index (χ0v) is 9.38. The van der Waals surface area contributed by atoms with Crippen molar-refractivity contribution in [2.24, 2.45) is 0 Å². The highest BCUT2D eigenvalue weighted by molar-refractivity contribution is 5.38. The van der Waals surface area contributed by atoms with Crippen LogP contribution in [0.1, 0.15) is 17.2 Å². The molecule has 2 aromatic heterocycles. The maximum atomic E-state index is 8.72. The van der Waals surface area contributed by atoms with Crippen LogP contribution in [0.3, 0.4) is 0 Å². The van der Waals surface area contributed by atoms with Crippen LogP contribution in [0.4, 0.5) is 5.82 Å². The molecule has 0 aromatic carbocycles. The molecule has 0 fully saturated rings. The standard InChI is InChI=1S/C12H11N5/c1-9-14-6-5-11(16-9)8-15-12-4-2-3-10(7-13)17-12/h2-6H,8H2,1H3,(H,15,17). The molecular formula is C12H11N5. The Balaban J connectivity index is 2.05. The quantitative estimate of drug-likeness (QED) is 0.859. The fraction of sp³-hybridized carbons (Fsp3) is 0.167. The lowest BCUT2D eigenvalue weighted by molar-refractivity contribution is 0.949. The minimum Gasteiger partial charge on any atom is -0.364 e. The Morgan fingerprint density at radius 1 is 1.29 bits per heavy atom. The Morgan fingerprint density at radius 2 is 2.18 bits per heavy atom. The largest absolute Gasteiger partial charge is 0.364 e. The maximum Gasteiger partial charge on any atom is 0.142 e. The monoisotopic (exact) mass is 225 g/mol. The Hall–Kier alpha value is -2.48. The lowest BCUT2D eigenvalue weighted by Gasteiger charge is -2.05. The van der Waals surface area contributed by atoms with Crippen molar-refractivity contribution in [3.05, 3.63) is 47.7 Å². The molecule has 17 heavy (non-hydrogen) atoms. The summed E-state index contributed by atoms with van der Waals surface area (Å²) in [6.45, 7) is 2.41. The fourth-order valence-electron chi connectivity index (χ4n) is 1.38. The minimum atomic E-state index is 0.397. The molecule has 5 heteroatoms. The smallest absolute Gasteiger partial charge is 0.142 e. The van der Waals surface area contributed by atoms with Crippen LogP contribution in [-0.4, -0.2) is 15.0 Å². The molecule has 2 aromatic rings. The molecule has 5 nitrogen and oxygen atoms in total. The molecule has 0 unspecified atom stereocenters. The van der Waals surface area contributed by atoms with E-state index in [9.17, 15) is 0 Å². The molecular weight excluding hydrogens is 214 g/mol. The van der Waals surface area contributed by atoms with Crippen molar-refractivity contribution in [1.82, 2.24) is 15.0 Å². The molecule has 2 heterocycles. The van der Waals surface area contributed by atoms with Crippen molar-refractivity contribution in [2.75, 3.05) is 5.32 Å². The lowest BCUT2D eigenvalue weighted by Crippen LogP contribution is -2.04. The van der Waals surface area contributed by atoms with E-state index in [1.165, 1.54) is 0 Å². The number of nitrogens with one attached hydrogen (secondary N) is 1. The lowest BCUT2D eigenvalue weighted by atomic mass is 10.3. The van der Waals surface area contributed by atoms with Crippen LogP contribution in [0.5, 0.6) is 0 Å². The second kappa shape index (κ2) is 5.03. The van der Waals surface area contributed by atoms with Crippen molar-refractivity contribution >= 4 is 5.82 Å². The second-order valence-electron chi connectivity index (χ2n) is 3.47. The molecule has 0 bridgehead atoms. The molecule has 0 radical (unpaired) electrons. The van der Waals surface area contributed by atoms with Crippen molar-refractivity contribution < 1.29 is 0 Å². The minimum absolute atomic E-state index is 0.397. The van der Waals surface area contributed by atoms with Crippen LogP contribution < -0.4 is 5.32 Å². The van der Waals surface area contributed by atoms with Gasteiger partial charge in [-0.25, -0.2) is 15.0 Å². The van der Waals surface area contributed by atoms with Gasteiger partial charge in [0.15, 0.2) is 0 Å². The Bertz CT molecular complexity index is 559. The highest BCUT2D eigenvalue weighted by atomic mass is 15.0. The summed E-state index contributed by atoms with van der Waals surface area (Å²) >= 11 is 0. The number of hydrogen-bond donors (Lipinski definition) is 1. The van der Waals surface area contributed by atoms with E-state index >= 15 is 0 Å². The third-order valence-corrected chi connectivity index (χ3v) is 2.15. The highest BCUT2D eigenvalue weighted by Crippen LogP contribution is 2.05. The average Bonchev–Trinajstić information content (AvgIpc) is 2.37. The van der Waals surface area contributed by atoms with Crippen molar-refractivity contribution in [2.45, 2.75) is 13.5 Å². The van der Waals surface area contributed by atoms with E-state index in [1.54, 1.807) is 18.3 Å². The van der Waals surface area contributed by atoms with Crippen molar-refractivity contribution in [1.29, 1.82) is 5.26 Å². The molecule has 84 valence electrons. The molecule has 0 saturated heterocycles. The van der Waals surface area contributed by atoms with Crippen LogP contribution in [0.2, 0.25) is 0 Å². The molecule has 0 spiro atoms. The summed E-state index contributed by atoms with van der Waals surface area (Å²) in [6.07, 6.45) is 1.72. The Morgan fingerprint density at radius 3 is 2.94 bits per heavy atom. The summed E-state index contributed by atoms with van der Waals surface area (Å²) in [7, 11) is 0. The summed E-state index contributed by atoms with van der Waals surface area (Å²) in [5.41, 5.74) is 1.29. The predicted molar refractivity (Wildman–Crippen MR) is 63.0 cm³/mol. The SMILES string of the molecule is Cc1nccc(CNc2cccc(C#N)n2)n1. The number of aromatic nitrogens is 3. The van der Waals surface area contributed by atoms with Crippen LogP contribution in [0.25, 0.3) is 0 Å². The van der Waals surface area contributed by atoms with Crippen molar-refractivity contribution in [3.8, 4) is 6.07 Å². The molecule has 0 saturated carbocycles. The molecule has 2 rings (SSSR count). The van der Waals surface area contributed by atoms with Gasteiger partial charge in [0.05, 0.1) is 12.2 Å².